The van der Waals surface area contributed by atoms with Crippen LogP contribution < -0.4 is 15.5 Å². The van der Waals surface area contributed by atoms with Gasteiger partial charge < -0.3 is 15.5 Å². The molecule has 1 saturated carbocycles. The molecule has 1 aliphatic heterocycles. The van der Waals surface area contributed by atoms with Crippen LogP contribution in [0.3, 0.4) is 0 Å². The predicted molar refractivity (Wildman–Crippen MR) is 122 cm³/mol. The first-order valence-electron chi connectivity index (χ1n) is 10.1. The maximum Gasteiger partial charge on any atom is 0.225 e. The predicted octanol–water partition coefficient (Wildman–Crippen LogP) is 2.10. The summed E-state index contributed by atoms with van der Waals surface area (Å²) in [6.45, 7) is 6.25. The van der Waals surface area contributed by atoms with E-state index >= 15 is 0 Å². The first kappa shape index (κ1) is 22.1. The molecule has 1 aliphatic carbocycles. The fourth-order valence-electron chi connectivity index (χ4n) is 3.77. The smallest absolute Gasteiger partial charge is 0.225 e. The van der Waals surface area contributed by atoms with Gasteiger partial charge in [0.05, 0.1) is 0 Å². The molecule has 2 N–H and O–H groups in total. The highest BCUT2D eigenvalue weighted by molar-refractivity contribution is 14.0. The lowest BCUT2D eigenvalue weighted by atomic mass is 9.96. The van der Waals surface area contributed by atoms with Gasteiger partial charge in [-0.25, -0.2) is 9.97 Å². The van der Waals surface area contributed by atoms with Crippen LogP contribution in [-0.2, 0) is 0 Å². The summed E-state index contributed by atoms with van der Waals surface area (Å²) < 4.78 is 0. The lowest BCUT2D eigenvalue weighted by molar-refractivity contribution is 0.254. The van der Waals surface area contributed by atoms with Crippen molar-refractivity contribution in [1.29, 1.82) is 0 Å². The molecule has 152 valence electrons. The zero-order chi connectivity index (χ0) is 18.0. The number of hydrogen-bond acceptors (Lipinski definition) is 5. The normalized spacial score (nSPS) is 19.4. The van der Waals surface area contributed by atoms with E-state index in [1.807, 2.05) is 25.5 Å². The summed E-state index contributed by atoms with van der Waals surface area (Å²) >= 11 is 0. The molecule has 3 rings (SSSR count). The van der Waals surface area contributed by atoms with Crippen LogP contribution in [0.4, 0.5) is 5.95 Å². The van der Waals surface area contributed by atoms with Crippen LogP contribution in [0.15, 0.2) is 23.5 Å². The van der Waals surface area contributed by atoms with Crippen molar-refractivity contribution in [2.24, 2.45) is 4.99 Å². The molecule has 7 nitrogen and oxygen atoms in total. The molecule has 1 aromatic heterocycles. The highest BCUT2D eigenvalue weighted by Crippen LogP contribution is 2.17. The minimum Gasteiger partial charge on any atom is -0.356 e. The Bertz CT molecular complexity index is 540. The Morgan fingerprint density at radius 1 is 1.11 bits per heavy atom. The number of piperazine rings is 1. The zero-order valence-electron chi connectivity index (χ0n) is 16.4. The van der Waals surface area contributed by atoms with Crippen molar-refractivity contribution in [1.82, 2.24) is 25.5 Å². The van der Waals surface area contributed by atoms with Crippen LogP contribution in [0.2, 0.25) is 0 Å². The number of hydrogen-bond donors (Lipinski definition) is 2. The summed E-state index contributed by atoms with van der Waals surface area (Å²) in [5, 5.41) is 7.05. The SMILES string of the molecule is CN=C(NCCCN1CCN(c2ncccn2)CC1)NC1CCCCC1.I. The molecule has 0 atom stereocenters. The van der Waals surface area contributed by atoms with Crippen molar-refractivity contribution in [3.05, 3.63) is 18.5 Å². The molecule has 0 amide bonds. The Kier molecular flexibility index (Phi) is 10.1. The molecular formula is C19H34IN7. The molecule has 2 fully saturated rings. The van der Waals surface area contributed by atoms with E-state index in [0.717, 1.165) is 57.6 Å². The molecular weight excluding hydrogens is 453 g/mol. The van der Waals surface area contributed by atoms with Crippen LogP contribution in [-0.4, -0.2) is 73.2 Å². The van der Waals surface area contributed by atoms with Crippen molar-refractivity contribution < 1.29 is 0 Å². The molecule has 2 heterocycles. The van der Waals surface area contributed by atoms with Gasteiger partial charge in [0, 0.05) is 58.2 Å². The first-order chi connectivity index (χ1) is 12.8. The number of aliphatic imine (C=N–C) groups is 1. The maximum absolute atomic E-state index is 4.37. The number of nitrogens with zero attached hydrogens (tertiary/aromatic N) is 5. The van der Waals surface area contributed by atoms with Gasteiger partial charge in [0.25, 0.3) is 0 Å². The second-order valence-corrected chi connectivity index (χ2v) is 7.21. The lowest BCUT2D eigenvalue weighted by Crippen LogP contribution is -2.48. The minimum atomic E-state index is 0. The van der Waals surface area contributed by atoms with Gasteiger partial charge in [-0.2, -0.15) is 0 Å². The van der Waals surface area contributed by atoms with E-state index in [1.165, 1.54) is 32.1 Å². The number of guanidine groups is 1. The van der Waals surface area contributed by atoms with E-state index in [2.05, 4.69) is 35.4 Å². The number of aromatic nitrogens is 2. The van der Waals surface area contributed by atoms with E-state index in [4.69, 9.17) is 0 Å². The average Bonchev–Trinajstić information content (AvgIpc) is 2.72. The highest BCUT2D eigenvalue weighted by atomic mass is 127. The van der Waals surface area contributed by atoms with Crippen LogP contribution in [0, 0.1) is 0 Å². The van der Waals surface area contributed by atoms with E-state index < -0.39 is 0 Å². The molecule has 0 spiro atoms. The average molecular weight is 487 g/mol. The Labute approximate surface area is 180 Å². The molecule has 0 bridgehead atoms. The van der Waals surface area contributed by atoms with E-state index in [-0.39, 0.29) is 24.0 Å². The lowest BCUT2D eigenvalue weighted by Gasteiger charge is -2.34. The van der Waals surface area contributed by atoms with Crippen molar-refractivity contribution in [3.8, 4) is 0 Å². The zero-order valence-corrected chi connectivity index (χ0v) is 18.8. The number of anilines is 1. The molecule has 0 radical (unpaired) electrons. The van der Waals surface area contributed by atoms with E-state index in [0.29, 0.717) is 6.04 Å². The summed E-state index contributed by atoms with van der Waals surface area (Å²) in [6.07, 6.45) is 11.4. The molecule has 0 aromatic carbocycles. The van der Waals surface area contributed by atoms with Crippen LogP contribution in [0.1, 0.15) is 38.5 Å². The van der Waals surface area contributed by atoms with Crippen molar-refractivity contribution in [3.63, 3.8) is 0 Å². The number of halogens is 1. The van der Waals surface area contributed by atoms with Gasteiger partial charge in [0.15, 0.2) is 5.96 Å². The minimum absolute atomic E-state index is 0. The van der Waals surface area contributed by atoms with Gasteiger partial charge >= 0.3 is 0 Å². The number of nitrogens with one attached hydrogen (secondary N) is 2. The van der Waals surface area contributed by atoms with E-state index in [1.54, 1.807) is 0 Å². The fourth-order valence-corrected chi connectivity index (χ4v) is 3.77. The van der Waals surface area contributed by atoms with E-state index in [9.17, 15) is 0 Å². The second kappa shape index (κ2) is 12.3. The molecule has 0 unspecified atom stereocenters. The maximum atomic E-state index is 4.37. The van der Waals surface area contributed by atoms with Gasteiger partial charge in [-0.1, -0.05) is 19.3 Å². The van der Waals surface area contributed by atoms with Gasteiger partial charge in [0.2, 0.25) is 5.95 Å². The van der Waals surface area contributed by atoms with Gasteiger partial charge in [-0.15, -0.1) is 24.0 Å². The van der Waals surface area contributed by atoms with Crippen LogP contribution in [0.5, 0.6) is 0 Å². The van der Waals surface area contributed by atoms with Crippen LogP contribution >= 0.6 is 24.0 Å². The van der Waals surface area contributed by atoms with Crippen molar-refractivity contribution in [2.45, 2.75) is 44.6 Å². The molecule has 27 heavy (non-hydrogen) atoms. The third kappa shape index (κ3) is 7.40. The Morgan fingerprint density at radius 2 is 1.81 bits per heavy atom. The summed E-state index contributed by atoms with van der Waals surface area (Å²) in [5.74, 6) is 1.81. The number of rotatable bonds is 6. The molecule has 1 saturated heterocycles. The Morgan fingerprint density at radius 3 is 2.48 bits per heavy atom. The molecule has 1 aromatic rings. The fraction of sp³-hybridized carbons (Fsp3) is 0.737. The summed E-state index contributed by atoms with van der Waals surface area (Å²) in [6, 6.07) is 2.47. The molecule has 2 aliphatic rings. The Balaban J connectivity index is 0.00000261. The Hall–Kier alpha value is -1.16. The third-order valence-corrected chi connectivity index (χ3v) is 5.32. The summed E-state index contributed by atoms with van der Waals surface area (Å²) in [4.78, 5) is 17.9. The van der Waals surface area contributed by atoms with Gasteiger partial charge in [-0.05, 0) is 31.9 Å². The highest BCUT2D eigenvalue weighted by Gasteiger charge is 2.18. The summed E-state index contributed by atoms with van der Waals surface area (Å²) in [5.41, 5.74) is 0. The van der Waals surface area contributed by atoms with Gasteiger partial charge in [-0.3, -0.25) is 9.89 Å². The quantitative estimate of drug-likeness (QED) is 0.277. The monoisotopic (exact) mass is 487 g/mol. The van der Waals surface area contributed by atoms with Crippen molar-refractivity contribution in [2.75, 3.05) is 51.2 Å². The van der Waals surface area contributed by atoms with Gasteiger partial charge in [0.1, 0.15) is 0 Å². The summed E-state index contributed by atoms with van der Waals surface area (Å²) in [7, 11) is 1.86. The standard InChI is InChI=1S/C19H33N7.HI/c1-20-18(24-17-7-3-2-4-8-17)21-11-6-12-25-13-15-26(16-14-25)19-22-9-5-10-23-19;/h5,9-10,17H,2-4,6-8,11-16H2,1H3,(H2,20,21,24);1H. The first-order valence-corrected chi connectivity index (χ1v) is 10.1. The topological polar surface area (TPSA) is 68.7 Å². The molecule has 8 heteroatoms. The largest absolute Gasteiger partial charge is 0.356 e. The third-order valence-electron chi connectivity index (χ3n) is 5.32. The second-order valence-electron chi connectivity index (χ2n) is 7.21. The van der Waals surface area contributed by atoms with Crippen LogP contribution in [0.25, 0.3) is 0 Å². The van der Waals surface area contributed by atoms with Crippen molar-refractivity contribution >= 4 is 35.9 Å².